The fourth-order valence-corrected chi connectivity index (χ4v) is 1.96. The first-order valence-electron chi connectivity index (χ1n) is 4.25. The predicted octanol–water partition coefficient (Wildman–Crippen LogP) is 2.07. The van der Waals surface area contributed by atoms with Crippen molar-refractivity contribution in [1.82, 2.24) is 10.2 Å². The zero-order valence-corrected chi connectivity index (χ0v) is 9.54. The molecule has 0 spiro atoms. The Bertz CT molecular complexity index is 257. The van der Waals surface area contributed by atoms with E-state index >= 15 is 0 Å². The highest BCUT2D eigenvalue weighted by molar-refractivity contribution is 7.80. The summed E-state index contributed by atoms with van der Waals surface area (Å²) in [6.07, 6.45) is 0. The minimum atomic E-state index is 0.816. The third kappa shape index (κ3) is 3.32. The van der Waals surface area contributed by atoms with Crippen LogP contribution >= 0.6 is 23.6 Å². The van der Waals surface area contributed by atoms with Crippen molar-refractivity contribution in [3.8, 4) is 0 Å². The van der Waals surface area contributed by atoms with Crippen LogP contribution in [-0.4, -0.2) is 23.6 Å². The Labute approximate surface area is 88.6 Å². The van der Waals surface area contributed by atoms with Crippen molar-refractivity contribution in [2.45, 2.75) is 13.5 Å². The average molecular weight is 214 g/mol. The normalized spacial score (nSPS) is 9.69. The van der Waals surface area contributed by atoms with Crippen molar-refractivity contribution in [1.29, 1.82) is 0 Å². The zero-order chi connectivity index (χ0) is 9.68. The van der Waals surface area contributed by atoms with E-state index in [9.17, 15) is 0 Å². The summed E-state index contributed by atoms with van der Waals surface area (Å²) in [6.45, 7) is 3.82. The van der Waals surface area contributed by atoms with Gasteiger partial charge in [0.05, 0.1) is 6.54 Å². The molecule has 2 nitrogen and oxygen atoms in total. The summed E-state index contributed by atoms with van der Waals surface area (Å²) in [7, 11) is 2.00. The van der Waals surface area contributed by atoms with E-state index < -0.39 is 0 Å². The molecule has 0 atom stereocenters. The van der Waals surface area contributed by atoms with Crippen LogP contribution in [0.3, 0.4) is 0 Å². The minimum Gasteiger partial charge on any atom is -0.363 e. The van der Waals surface area contributed by atoms with Gasteiger partial charge in [-0.05, 0) is 30.6 Å². The van der Waals surface area contributed by atoms with Crippen LogP contribution in [0.5, 0.6) is 0 Å². The molecule has 0 saturated heterocycles. The van der Waals surface area contributed by atoms with Gasteiger partial charge in [-0.3, -0.25) is 0 Å². The molecule has 1 aromatic rings. The molecular formula is C9H14N2S2. The van der Waals surface area contributed by atoms with Crippen molar-refractivity contribution < 1.29 is 0 Å². The highest BCUT2D eigenvalue weighted by atomic mass is 32.1. The molecule has 0 amide bonds. The van der Waals surface area contributed by atoms with Crippen molar-refractivity contribution >= 4 is 28.7 Å². The molecule has 0 bridgehead atoms. The van der Waals surface area contributed by atoms with E-state index in [1.54, 1.807) is 11.3 Å². The lowest BCUT2D eigenvalue weighted by molar-refractivity contribution is 0.496. The molecule has 0 radical (unpaired) electrons. The van der Waals surface area contributed by atoms with Crippen LogP contribution in [0, 0.1) is 0 Å². The number of nitrogens with zero attached hydrogens (tertiary/aromatic N) is 1. The van der Waals surface area contributed by atoms with Crippen molar-refractivity contribution in [3.05, 3.63) is 22.4 Å². The summed E-state index contributed by atoms with van der Waals surface area (Å²) in [5.74, 6) is 0. The molecule has 0 aliphatic heterocycles. The van der Waals surface area contributed by atoms with E-state index in [1.165, 1.54) is 4.88 Å². The van der Waals surface area contributed by atoms with Gasteiger partial charge >= 0.3 is 0 Å². The maximum Gasteiger partial charge on any atom is 0.168 e. The second-order valence-corrected chi connectivity index (χ2v) is 4.19. The molecule has 1 aromatic heterocycles. The Morgan fingerprint density at radius 1 is 1.69 bits per heavy atom. The third-order valence-corrected chi connectivity index (χ3v) is 2.96. The molecule has 0 unspecified atom stereocenters. The van der Waals surface area contributed by atoms with Gasteiger partial charge in [0.15, 0.2) is 5.11 Å². The van der Waals surface area contributed by atoms with Crippen molar-refractivity contribution in [2.24, 2.45) is 0 Å². The number of thiocarbonyl (C=S) groups is 1. The van der Waals surface area contributed by atoms with Crippen LogP contribution in [0.25, 0.3) is 0 Å². The standard InChI is InChI=1S/C9H14N2S2/c1-3-10-9(12)11(2)7-8-5-4-6-13-8/h4-6H,3,7H2,1-2H3,(H,10,12). The van der Waals surface area contributed by atoms with E-state index in [1.807, 2.05) is 18.9 Å². The monoisotopic (exact) mass is 214 g/mol. The Morgan fingerprint density at radius 2 is 2.46 bits per heavy atom. The summed E-state index contributed by atoms with van der Waals surface area (Å²) in [5, 5.41) is 6.02. The van der Waals surface area contributed by atoms with Gasteiger partial charge in [-0.2, -0.15) is 0 Å². The number of nitrogens with one attached hydrogen (secondary N) is 1. The molecule has 1 N–H and O–H groups in total. The highest BCUT2D eigenvalue weighted by Gasteiger charge is 2.03. The lowest BCUT2D eigenvalue weighted by atomic mass is 10.4. The average Bonchev–Trinajstić information content (AvgIpc) is 2.57. The Hall–Kier alpha value is -0.610. The number of rotatable bonds is 3. The van der Waals surface area contributed by atoms with Gasteiger partial charge < -0.3 is 10.2 Å². The summed E-state index contributed by atoms with van der Waals surface area (Å²) in [4.78, 5) is 3.38. The first kappa shape index (κ1) is 10.5. The van der Waals surface area contributed by atoms with Gasteiger partial charge in [0, 0.05) is 18.5 Å². The van der Waals surface area contributed by atoms with Gasteiger partial charge in [-0.1, -0.05) is 6.07 Å². The predicted molar refractivity (Wildman–Crippen MR) is 62.1 cm³/mol. The van der Waals surface area contributed by atoms with Crippen LogP contribution in [0.15, 0.2) is 17.5 Å². The lowest BCUT2D eigenvalue weighted by Crippen LogP contribution is -2.36. The first-order valence-corrected chi connectivity index (χ1v) is 5.54. The third-order valence-electron chi connectivity index (χ3n) is 1.65. The lowest BCUT2D eigenvalue weighted by Gasteiger charge is -2.19. The highest BCUT2D eigenvalue weighted by Crippen LogP contribution is 2.10. The molecule has 1 heterocycles. The van der Waals surface area contributed by atoms with E-state index in [0.29, 0.717) is 0 Å². The van der Waals surface area contributed by atoms with Crippen molar-refractivity contribution in [3.63, 3.8) is 0 Å². The van der Waals surface area contributed by atoms with Gasteiger partial charge in [0.2, 0.25) is 0 Å². The van der Waals surface area contributed by atoms with E-state index in [-0.39, 0.29) is 0 Å². The molecule has 4 heteroatoms. The second kappa shape index (κ2) is 5.19. The topological polar surface area (TPSA) is 15.3 Å². The SMILES string of the molecule is CCNC(=S)N(C)Cc1cccs1. The van der Waals surface area contributed by atoms with Crippen LogP contribution in [0.2, 0.25) is 0 Å². The van der Waals surface area contributed by atoms with E-state index in [2.05, 4.69) is 22.8 Å². The summed E-state index contributed by atoms with van der Waals surface area (Å²) in [6, 6.07) is 4.18. The first-order chi connectivity index (χ1) is 6.24. The van der Waals surface area contributed by atoms with Gasteiger partial charge in [-0.25, -0.2) is 0 Å². The number of hydrogen-bond acceptors (Lipinski definition) is 2. The van der Waals surface area contributed by atoms with Gasteiger partial charge in [-0.15, -0.1) is 11.3 Å². The van der Waals surface area contributed by atoms with Crippen molar-refractivity contribution in [2.75, 3.05) is 13.6 Å². The van der Waals surface area contributed by atoms with Crippen LogP contribution in [0.1, 0.15) is 11.8 Å². The molecule has 13 heavy (non-hydrogen) atoms. The minimum absolute atomic E-state index is 0.816. The summed E-state index contributed by atoms with van der Waals surface area (Å²) in [5.41, 5.74) is 0. The molecule has 72 valence electrons. The second-order valence-electron chi connectivity index (χ2n) is 2.77. The zero-order valence-electron chi connectivity index (χ0n) is 7.91. The summed E-state index contributed by atoms with van der Waals surface area (Å²) >= 11 is 6.93. The van der Waals surface area contributed by atoms with Crippen LogP contribution < -0.4 is 5.32 Å². The Morgan fingerprint density at radius 3 is 3.00 bits per heavy atom. The molecular weight excluding hydrogens is 200 g/mol. The maximum absolute atomic E-state index is 5.17. The number of hydrogen-bond donors (Lipinski definition) is 1. The van der Waals surface area contributed by atoms with E-state index in [0.717, 1.165) is 18.2 Å². The maximum atomic E-state index is 5.17. The molecule has 0 aliphatic rings. The van der Waals surface area contributed by atoms with Crippen LogP contribution in [0.4, 0.5) is 0 Å². The molecule has 0 aliphatic carbocycles. The largest absolute Gasteiger partial charge is 0.363 e. The Kier molecular flexibility index (Phi) is 4.18. The Balaban J connectivity index is 2.41. The van der Waals surface area contributed by atoms with Gasteiger partial charge in [0.25, 0.3) is 0 Å². The molecule has 0 saturated carbocycles. The molecule has 0 fully saturated rings. The molecule has 0 aromatic carbocycles. The number of thiophene rings is 1. The van der Waals surface area contributed by atoms with Gasteiger partial charge in [0.1, 0.15) is 0 Å². The quantitative estimate of drug-likeness (QED) is 0.776. The fraction of sp³-hybridized carbons (Fsp3) is 0.444. The fourth-order valence-electron chi connectivity index (χ4n) is 0.994. The van der Waals surface area contributed by atoms with E-state index in [4.69, 9.17) is 12.2 Å². The smallest absolute Gasteiger partial charge is 0.168 e. The molecule has 1 rings (SSSR count). The van der Waals surface area contributed by atoms with Crippen LogP contribution in [-0.2, 0) is 6.54 Å². The summed E-state index contributed by atoms with van der Waals surface area (Å²) < 4.78 is 0.